The van der Waals surface area contributed by atoms with E-state index >= 15 is 0 Å². The molecule has 0 saturated carbocycles. The van der Waals surface area contributed by atoms with Gasteiger partial charge in [-0.15, -0.1) is 11.6 Å². The molecule has 1 aromatic carbocycles. The van der Waals surface area contributed by atoms with Crippen molar-refractivity contribution in [1.82, 2.24) is 0 Å². The summed E-state index contributed by atoms with van der Waals surface area (Å²) in [6.45, 7) is 6.37. The van der Waals surface area contributed by atoms with Gasteiger partial charge in [-0.05, 0) is 48.9 Å². The first kappa shape index (κ1) is 12.4. The molecule has 1 atom stereocenters. The molecule has 0 amide bonds. The van der Waals surface area contributed by atoms with Crippen LogP contribution >= 0.6 is 11.6 Å². The number of halogens is 1. The van der Waals surface area contributed by atoms with E-state index in [0.29, 0.717) is 11.8 Å². The first-order chi connectivity index (χ1) is 7.08. The molecule has 0 aromatic heterocycles. The first-order valence-electron chi connectivity index (χ1n) is 5.28. The van der Waals surface area contributed by atoms with E-state index in [0.717, 1.165) is 12.2 Å². The molecule has 2 heteroatoms. The Bertz CT molecular complexity index is 334. The van der Waals surface area contributed by atoms with Crippen LogP contribution in [0.1, 0.15) is 23.6 Å². The monoisotopic (exact) mass is 226 g/mol. The van der Waals surface area contributed by atoms with Crippen LogP contribution in [-0.4, -0.2) is 13.0 Å². The van der Waals surface area contributed by atoms with E-state index in [-0.39, 0.29) is 0 Å². The van der Waals surface area contributed by atoms with Crippen LogP contribution in [0.3, 0.4) is 0 Å². The molecule has 15 heavy (non-hydrogen) atoms. The summed E-state index contributed by atoms with van der Waals surface area (Å²) in [5.74, 6) is 2.21. The Hall–Kier alpha value is -0.690. The fourth-order valence-electron chi connectivity index (χ4n) is 1.72. The molecule has 84 valence electrons. The van der Waals surface area contributed by atoms with Gasteiger partial charge in [0.25, 0.3) is 0 Å². The maximum Gasteiger partial charge on any atom is 0.122 e. The van der Waals surface area contributed by atoms with Crippen LogP contribution in [-0.2, 0) is 6.42 Å². The number of ether oxygens (including phenoxy) is 1. The molecule has 0 N–H and O–H groups in total. The van der Waals surface area contributed by atoms with Crippen molar-refractivity contribution in [1.29, 1.82) is 0 Å². The molecule has 0 aliphatic heterocycles. The van der Waals surface area contributed by atoms with Crippen molar-refractivity contribution in [3.8, 4) is 5.75 Å². The average Bonchev–Trinajstić information content (AvgIpc) is 2.22. The van der Waals surface area contributed by atoms with Gasteiger partial charge in [0.2, 0.25) is 0 Å². The van der Waals surface area contributed by atoms with E-state index in [1.165, 1.54) is 16.7 Å². The minimum absolute atomic E-state index is 0.526. The lowest BCUT2D eigenvalue weighted by molar-refractivity contribution is 0.411. The van der Waals surface area contributed by atoms with Crippen molar-refractivity contribution in [2.24, 2.45) is 5.92 Å². The van der Waals surface area contributed by atoms with E-state index < -0.39 is 0 Å². The highest BCUT2D eigenvalue weighted by molar-refractivity contribution is 6.18. The SMILES string of the molecule is COc1cc(C)c(CC(C)CCl)cc1C. The zero-order valence-electron chi connectivity index (χ0n) is 9.93. The van der Waals surface area contributed by atoms with Crippen LogP contribution in [0, 0.1) is 19.8 Å². The van der Waals surface area contributed by atoms with E-state index in [1.54, 1.807) is 7.11 Å². The Morgan fingerprint density at radius 3 is 2.47 bits per heavy atom. The highest BCUT2D eigenvalue weighted by Gasteiger charge is 2.08. The summed E-state index contributed by atoms with van der Waals surface area (Å²) in [6.07, 6.45) is 1.04. The molecule has 0 fully saturated rings. The number of rotatable bonds is 4. The average molecular weight is 227 g/mol. The molecule has 1 unspecified atom stereocenters. The molecule has 1 aromatic rings. The van der Waals surface area contributed by atoms with E-state index in [2.05, 4.69) is 32.9 Å². The fraction of sp³-hybridized carbons (Fsp3) is 0.538. The minimum atomic E-state index is 0.526. The molecule has 0 radical (unpaired) electrons. The topological polar surface area (TPSA) is 9.23 Å². The lowest BCUT2D eigenvalue weighted by Crippen LogP contribution is -2.03. The number of methoxy groups -OCH3 is 1. The second-order valence-electron chi connectivity index (χ2n) is 4.21. The third-order valence-corrected chi connectivity index (χ3v) is 3.21. The van der Waals surface area contributed by atoms with Crippen molar-refractivity contribution in [3.63, 3.8) is 0 Å². The molecular weight excluding hydrogens is 208 g/mol. The van der Waals surface area contributed by atoms with Gasteiger partial charge >= 0.3 is 0 Å². The van der Waals surface area contributed by atoms with E-state index in [4.69, 9.17) is 16.3 Å². The number of alkyl halides is 1. The Morgan fingerprint density at radius 1 is 1.27 bits per heavy atom. The van der Waals surface area contributed by atoms with Gasteiger partial charge in [0, 0.05) is 5.88 Å². The van der Waals surface area contributed by atoms with Crippen LogP contribution in [0.25, 0.3) is 0 Å². The zero-order chi connectivity index (χ0) is 11.4. The van der Waals surface area contributed by atoms with Crippen molar-refractivity contribution >= 4 is 11.6 Å². The van der Waals surface area contributed by atoms with Crippen LogP contribution in [0.15, 0.2) is 12.1 Å². The number of hydrogen-bond donors (Lipinski definition) is 0. The number of benzene rings is 1. The standard InChI is InChI=1S/C13H19ClO/c1-9(8-14)5-12-6-11(3)13(15-4)7-10(12)2/h6-7,9H,5,8H2,1-4H3. The molecule has 0 bridgehead atoms. The van der Waals surface area contributed by atoms with Gasteiger partial charge in [-0.3, -0.25) is 0 Å². The predicted molar refractivity (Wildman–Crippen MR) is 66.1 cm³/mol. The summed E-state index contributed by atoms with van der Waals surface area (Å²) in [5, 5.41) is 0. The molecule has 1 rings (SSSR count). The summed E-state index contributed by atoms with van der Waals surface area (Å²) >= 11 is 5.83. The summed E-state index contributed by atoms with van der Waals surface area (Å²) < 4.78 is 5.29. The Labute approximate surface area is 97.4 Å². The van der Waals surface area contributed by atoms with Crippen molar-refractivity contribution in [2.45, 2.75) is 27.2 Å². The Balaban J connectivity index is 2.95. The Kier molecular flexibility index (Phi) is 4.46. The highest BCUT2D eigenvalue weighted by Crippen LogP contribution is 2.24. The van der Waals surface area contributed by atoms with Gasteiger partial charge in [0.15, 0.2) is 0 Å². The van der Waals surface area contributed by atoms with Gasteiger partial charge in [-0.25, -0.2) is 0 Å². The van der Waals surface area contributed by atoms with Crippen LogP contribution in [0.5, 0.6) is 5.75 Å². The lowest BCUT2D eigenvalue weighted by atomic mass is 9.96. The summed E-state index contributed by atoms with van der Waals surface area (Å²) in [6, 6.07) is 4.31. The first-order valence-corrected chi connectivity index (χ1v) is 5.82. The minimum Gasteiger partial charge on any atom is -0.496 e. The number of hydrogen-bond acceptors (Lipinski definition) is 1. The largest absolute Gasteiger partial charge is 0.496 e. The van der Waals surface area contributed by atoms with E-state index in [1.807, 2.05) is 0 Å². The molecular formula is C13H19ClO. The third kappa shape index (κ3) is 3.13. The molecule has 0 aliphatic carbocycles. The lowest BCUT2D eigenvalue weighted by Gasteiger charge is -2.13. The fourth-order valence-corrected chi connectivity index (χ4v) is 1.83. The van der Waals surface area contributed by atoms with Gasteiger partial charge in [-0.2, -0.15) is 0 Å². The van der Waals surface area contributed by atoms with Crippen molar-refractivity contribution in [3.05, 3.63) is 28.8 Å². The summed E-state index contributed by atoms with van der Waals surface area (Å²) in [4.78, 5) is 0. The van der Waals surface area contributed by atoms with Crippen molar-refractivity contribution < 1.29 is 4.74 Å². The molecule has 0 heterocycles. The molecule has 0 aliphatic rings. The van der Waals surface area contributed by atoms with Crippen LogP contribution < -0.4 is 4.74 Å². The van der Waals surface area contributed by atoms with Gasteiger partial charge < -0.3 is 4.74 Å². The van der Waals surface area contributed by atoms with Gasteiger partial charge in [-0.1, -0.05) is 13.0 Å². The normalized spacial score (nSPS) is 12.6. The van der Waals surface area contributed by atoms with Crippen molar-refractivity contribution in [2.75, 3.05) is 13.0 Å². The Morgan fingerprint density at radius 2 is 1.93 bits per heavy atom. The van der Waals surface area contributed by atoms with E-state index in [9.17, 15) is 0 Å². The molecule has 0 spiro atoms. The summed E-state index contributed by atoms with van der Waals surface area (Å²) in [7, 11) is 1.71. The quantitative estimate of drug-likeness (QED) is 0.711. The summed E-state index contributed by atoms with van der Waals surface area (Å²) in [5.41, 5.74) is 3.86. The van der Waals surface area contributed by atoms with Crippen LogP contribution in [0.2, 0.25) is 0 Å². The molecule has 0 saturated heterocycles. The maximum absolute atomic E-state index is 5.83. The van der Waals surface area contributed by atoms with Crippen LogP contribution in [0.4, 0.5) is 0 Å². The molecule has 1 nitrogen and oxygen atoms in total. The second-order valence-corrected chi connectivity index (χ2v) is 4.52. The number of aryl methyl sites for hydroxylation is 2. The zero-order valence-corrected chi connectivity index (χ0v) is 10.7. The smallest absolute Gasteiger partial charge is 0.122 e. The second kappa shape index (κ2) is 5.41. The third-order valence-electron chi connectivity index (χ3n) is 2.69. The van der Waals surface area contributed by atoms with Gasteiger partial charge in [0.05, 0.1) is 7.11 Å². The highest BCUT2D eigenvalue weighted by atomic mass is 35.5. The maximum atomic E-state index is 5.83. The van der Waals surface area contributed by atoms with Gasteiger partial charge in [0.1, 0.15) is 5.75 Å². The predicted octanol–water partition coefficient (Wildman–Crippen LogP) is 3.73.